The molecule has 1 fully saturated rings. The number of anilines is 2. The second-order valence-corrected chi connectivity index (χ2v) is 13.3. The Kier molecular flexibility index (Phi) is 9.23. The van der Waals surface area contributed by atoms with Gasteiger partial charge in [0.15, 0.2) is 6.04 Å². The molecule has 2 aromatic carbocycles. The summed E-state index contributed by atoms with van der Waals surface area (Å²) < 4.78 is 67.8. The van der Waals surface area contributed by atoms with E-state index in [-0.39, 0.29) is 61.2 Å². The molecular formula is C35H34ClF4N9O2. The molecule has 4 aromatic rings. The third kappa shape index (κ3) is 6.42. The van der Waals surface area contributed by atoms with Gasteiger partial charge in [0.25, 0.3) is 0 Å². The molecule has 1 unspecified atom stereocenters. The Morgan fingerprint density at radius 2 is 2.00 bits per heavy atom. The lowest BCUT2D eigenvalue weighted by Gasteiger charge is -2.43. The molecule has 1 saturated heterocycles. The van der Waals surface area contributed by atoms with Crippen LogP contribution in [-0.2, 0) is 24.2 Å². The largest absolute Gasteiger partial charge is 0.424 e. The second-order valence-electron chi connectivity index (χ2n) is 13.0. The Bertz CT molecular complexity index is 2050. The number of alkyl halides is 3. The monoisotopic (exact) mass is 723 g/mol. The number of rotatable bonds is 7. The maximum Gasteiger partial charge on any atom is 0.413 e. The maximum absolute atomic E-state index is 15.4. The summed E-state index contributed by atoms with van der Waals surface area (Å²) in [5.74, 6) is -0.514. The number of aromatic amines is 1. The first-order valence-corrected chi connectivity index (χ1v) is 16.9. The molecule has 5 heterocycles. The highest BCUT2D eigenvalue weighted by molar-refractivity contribution is 6.32. The smallest absolute Gasteiger partial charge is 0.413 e. The summed E-state index contributed by atoms with van der Waals surface area (Å²) in [5.41, 5.74) is 2.05. The van der Waals surface area contributed by atoms with Gasteiger partial charge in [-0.1, -0.05) is 30.3 Å². The molecule has 2 aromatic heterocycles. The third-order valence-corrected chi connectivity index (χ3v) is 10.2. The van der Waals surface area contributed by atoms with Crippen molar-refractivity contribution in [1.82, 2.24) is 30.0 Å². The van der Waals surface area contributed by atoms with Crippen LogP contribution in [0.25, 0.3) is 10.9 Å². The van der Waals surface area contributed by atoms with Gasteiger partial charge in [0.1, 0.15) is 23.2 Å². The number of fused-ring (bicyclic) bond motifs is 3. The lowest BCUT2D eigenvalue weighted by molar-refractivity contribution is -0.150. The van der Waals surface area contributed by atoms with Gasteiger partial charge in [-0.15, -0.1) is 0 Å². The molecule has 1 amide bonds. The molecule has 0 radical (unpaired) electrons. The van der Waals surface area contributed by atoms with E-state index in [1.807, 2.05) is 24.1 Å². The molecule has 1 N–H and O–H groups in total. The number of H-pyrrole nitrogens is 1. The van der Waals surface area contributed by atoms with Crippen LogP contribution >= 0.6 is 11.6 Å². The molecule has 51 heavy (non-hydrogen) atoms. The van der Waals surface area contributed by atoms with Crippen molar-refractivity contribution in [1.29, 1.82) is 5.26 Å². The first-order chi connectivity index (χ1) is 24.5. The summed E-state index contributed by atoms with van der Waals surface area (Å²) in [6, 6.07) is 5.71. The average Bonchev–Trinajstić information content (AvgIpc) is 3.57. The fraction of sp³-hybridized carbons (Fsp3) is 0.400. The molecule has 2 atom stereocenters. The minimum atomic E-state index is -4.93. The van der Waals surface area contributed by atoms with Gasteiger partial charge >= 0.3 is 12.2 Å². The lowest BCUT2D eigenvalue weighted by Crippen LogP contribution is -2.55. The van der Waals surface area contributed by atoms with Crippen molar-refractivity contribution in [2.45, 2.75) is 50.5 Å². The molecular weight excluding hydrogens is 690 g/mol. The molecule has 3 aliphatic heterocycles. The number of benzene rings is 2. The number of halogens is 5. The van der Waals surface area contributed by atoms with Crippen LogP contribution in [0.5, 0.6) is 11.8 Å². The highest BCUT2D eigenvalue weighted by atomic mass is 35.5. The first kappa shape index (κ1) is 34.5. The van der Waals surface area contributed by atoms with Gasteiger partial charge in [0.2, 0.25) is 5.91 Å². The van der Waals surface area contributed by atoms with E-state index in [9.17, 15) is 10.1 Å². The quantitative estimate of drug-likeness (QED) is 0.178. The van der Waals surface area contributed by atoms with Gasteiger partial charge in [0.05, 0.1) is 35.3 Å². The zero-order chi connectivity index (χ0) is 36.0. The van der Waals surface area contributed by atoms with Crippen LogP contribution in [0.1, 0.15) is 41.1 Å². The standard InChI is InChI=1S/C35H34ClF4N9O2/c1-3-28(50)48-15-14-47(19-21(48)9-11-41)32-23-7-5-12-49(31(35(38,39)40)29-24-17-42-45-26(24)16-25(37)30(29)36)33(23)44-34(43-32)51-27-8-4-6-20-18-46(2)13-10-22(20)27/h3-4,6,8,16-17,21,31H,1,5,7,9-10,12-15,18-19H2,2H3,(H,42,45)/t21-,31?/m0/s1. The number of nitrogens with zero attached hydrogens (tertiary/aromatic N) is 8. The molecule has 3 aliphatic rings. The van der Waals surface area contributed by atoms with Crippen LogP contribution in [0.4, 0.5) is 29.2 Å². The van der Waals surface area contributed by atoms with Gasteiger partial charge in [-0.05, 0) is 44.0 Å². The fourth-order valence-electron chi connectivity index (χ4n) is 7.46. The van der Waals surface area contributed by atoms with Crippen molar-refractivity contribution >= 4 is 40.0 Å². The van der Waals surface area contributed by atoms with E-state index in [1.165, 1.54) is 12.3 Å². The van der Waals surface area contributed by atoms with E-state index < -0.39 is 34.7 Å². The molecule has 0 bridgehead atoms. The molecule has 7 rings (SSSR count). The fourth-order valence-corrected chi connectivity index (χ4v) is 7.72. The van der Waals surface area contributed by atoms with E-state index in [0.717, 1.165) is 28.6 Å². The minimum absolute atomic E-state index is 0.0217. The Hall–Kier alpha value is -4.94. The summed E-state index contributed by atoms with van der Waals surface area (Å²) in [5, 5.41) is 15.4. The van der Waals surface area contributed by atoms with Crippen molar-refractivity contribution < 1.29 is 27.1 Å². The summed E-state index contributed by atoms with van der Waals surface area (Å²) in [6.07, 6.45) is -1.18. The highest BCUT2D eigenvalue weighted by Gasteiger charge is 2.49. The summed E-state index contributed by atoms with van der Waals surface area (Å²) in [4.78, 5) is 28.9. The highest BCUT2D eigenvalue weighted by Crippen LogP contribution is 2.49. The summed E-state index contributed by atoms with van der Waals surface area (Å²) in [6.45, 7) is 5.71. The van der Waals surface area contributed by atoms with Crippen molar-refractivity contribution in [2.24, 2.45) is 0 Å². The molecule has 11 nitrogen and oxygen atoms in total. The van der Waals surface area contributed by atoms with E-state index >= 15 is 17.6 Å². The maximum atomic E-state index is 15.4. The van der Waals surface area contributed by atoms with Gasteiger partial charge in [-0.2, -0.15) is 33.5 Å². The van der Waals surface area contributed by atoms with Gasteiger partial charge < -0.3 is 24.3 Å². The van der Waals surface area contributed by atoms with E-state index in [1.54, 1.807) is 11.0 Å². The number of carbonyl (C=O) groups is 1. The molecule has 266 valence electrons. The van der Waals surface area contributed by atoms with E-state index in [2.05, 4.69) is 32.7 Å². The topological polar surface area (TPSA) is 118 Å². The molecule has 0 spiro atoms. The van der Waals surface area contributed by atoms with E-state index in [4.69, 9.17) is 21.3 Å². The molecule has 16 heteroatoms. The summed E-state index contributed by atoms with van der Waals surface area (Å²) >= 11 is 6.36. The van der Waals surface area contributed by atoms with Crippen LogP contribution in [0.2, 0.25) is 5.02 Å². The number of hydrogen-bond donors (Lipinski definition) is 1. The normalized spacial score (nSPS) is 18.6. The number of hydrogen-bond acceptors (Lipinski definition) is 9. The van der Waals surface area contributed by atoms with Crippen LogP contribution in [0, 0.1) is 17.1 Å². The number of likely N-dealkylation sites (N-methyl/N-ethyl adjacent to an activating group) is 1. The van der Waals surface area contributed by atoms with Crippen LogP contribution < -0.4 is 14.5 Å². The van der Waals surface area contributed by atoms with E-state index in [0.29, 0.717) is 42.9 Å². The van der Waals surface area contributed by atoms with Crippen molar-refractivity contribution in [3.8, 4) is 17.8 Å². The van der Waals surface area contributed by atoms with Gasteiger partial charge in [0, 0.05) is 67.4 Å². The summed E-state index contributed by atoms with van der Waals surface area (Å²) in [7, 11) is 2.02. The van der Waals surface area contributed by atoms with Crippen molar-refractivity contribution in [3.63, 3.8) is 0 Å². The second kappa shape index (κ2) is 13.6. The Morgan fingerprint density at radius 1 is 1.20 bits per heavy atom. The number of nitrogens with one attached hydrogen (secondary N) is 1. The number of ether oxygens (including phenoxy) is 1. The first-order valence-electron chi connectivity index (χ1n) is 16.6. The van der Waals surface area contributed by atoms with Gasteiger partial charge in [-0.25, -0.2) is 4.39 Å². The van der Waals surface area contributed by atoms with Crippen molar-refractivity contribution in [3.05, 3.63) is 76.2 Å². The van der Waals surface area contributed by atoms with Crippen LogP contribution in [0.15, 0.2) is 43.1 Å². The number of carbonyl (C=O) groups excluding carboxylic acids is 1. The average molecular weight is 724 g/mol. The van der Waals surface area contributed by atoms with Crippen LogP contribution in [-0.4, -0.2) is 87.9 Å². The Balaban J connectivity index is 1.39. The minimum Gasteiger partial charge on any atom is -0.424 e. The van der Waals surface area contributed by atoms with Crippen LogP contribution in [0.3, 0.4) is 0 Å². The molecule has 0 aliphatic carbocycles. The Morgan fingerprint density at radius 3 is 2.76 bits per heavy atom. The number of aromatic nitrogens is 4. The predicted octanol–water partition coefficient (Wildman–Crippen LogP) is 6.10. The van der Waals surface area contributed by atoms with Crippen molar-refractivity contribution in [2.75, 3.05) is 49.6 Å². The zero-order valence-electron chi connectivity index (χ0n) is 27.7. The third-order valence-electron chi connectivity index (χ3n) is 9.79. The SMILES string of the molecule is C=CC(=O)N1CCN(c2nc(Oc3cccc4c3CCN(C)C4)nc3c2CCCN3C(c2c(Cl)c(F)cc3[nH]ncc23)C(F)(F)F)C[C@@H]1CC#N. The Labute approximate surface area is 296 Å². The van der Waals surface area contributed by atoms with Gasteiger partial charge in [-0.3, -0.25) is 9.89 Å². The predicted molar refractivity (Wildman–Crippen MR) is 182 cm³/mol. The molecule has 0 saturated carbocycles. The number of piperazine rings is 1. The zero-order valence-corrected chi connectivity index (χ0v) is 28.4. The number of amides is 1. The lowest BCUT2D eigenvalue weighted by atomic mass is 9.96. The number of nitriles is 1.